The Bertz CT molecular complexity index is 1920. The van der Waals surface area contributed by atoms with Crippen LogP contribution in [0.4, 0.5) is 16.0 Å². The Morgan fingerprint density at radius 2 is 1.81 bits per heavy atom. The van der Waals surface area contributed by atoms with Crippen LogP contribution in [0.1, 0.15) is 53.1 Å². The highest BCUT2D eigenvalue weighted by Gasteiger charge is 2.27. The summed E-state index contributed by atoms with van der Waals surface area (Å²) in [4.78, 5) is 34.9. The van der Waals surface area contributed by atoms with Gasteiger partial charge in [-0.3, -0.25) is 15.0 Å². The van der Waals surface area contributed by atoms with Crippen LogP contribution in [0, 0.1) is 5.82 Å². The molecule has 1 fully saturated rings. The Morgan fingerprint density at radius 3 is 2.60 bits per heavy atom. The van der Waals surface area contributed by atoms with Crippen molar-refractivity contribution in [2.45, 2.75) is 31.8 Å². The van der Waals surface area contributed by atoms with Crippen molar-refractivity contribution >= 4 is 34.2 Å². The summed E-state index contributed by atoms with van der Waals surface area (Å²) >= 11 is 0. The van der Waals surface area contributed by atoms with E-state index in [1.165, 1.54) is 18.5 Å². The first-order valence-electron chi connectivity index (χ1n) is 13.5. The summed E-state index contributed by atoms with van der Waals surface area (Å²) in [5.74, 6) is 0.0435. The molecule has 1 unspecified atom stereocenters. The van der Waals surface area contributed by atoms with Crippen LogP contribution in [0.3, 0.4) is 0 Å². The molecule has 0 bridgehead atoms. The Labute approximate surface area is 240 Å². The SMILES string of the molecule is CC(Nc1ncnc(N)c1C(=[NH2+])c1cccc(C(=O)NC2CC2)c1)c1oc2ccccc2c(=O)c1-c1cccc(F)c1. The fraction of sp³-hybridized carbons (Fsp3) is 0.156. The van der Waals surface area contributed by atoms with Gasteiger partial charge in [-0.1, -0.05) is 30.3 Å². The maximum atomic E-state index is 14.2. The molecule has 0 saturated heterocycles. The summed E-state index contributed by atoms with van der Waals surface area (Å²) in [7, 11) is 0. The van der Waals surface area contributed by atoms with Crippen molar-refractivity contribution in [2.75, 3.05) is 11.1 Å². The largest absolute Gasteiger partial charge is 0.458 e. The van der Waals surface area contributed by atoms with Gasteiger partial charge in [0.2, 0.25) is 11.1 Å². The van der Waals surface area contributed by atoms with E-state index in [1.807, 2.05) is 0 Å². The van der Waals surface area contributed by atoms with Gasteiger partial charge in [-0.2, -0.15) is 0 Å². The van der Waals surface area contributed by atoms with Gasteiger partial charge in [0, 0.05) is 17.2 Å². The van der Waals surface area contributed by atoms with Crippen molar-refractivity contribution in [3.05, 3.63) is 118 Å². The number of benzene rings is 3. The molecule has 6 rings (SSSR count). The molecule has 5 aromatic rings. The fourth-order valence-corrected chi connectivity index (χ4v) is 4.90. The van der Waals surface area contributed by atoms with Crippen LogP contribution < -0.4 is 27.2 Å². The zero-order chi connectivity index (χ0) is 29.4. The number of carbonyl (C=O) groups is 1. The lowest BCUT2D eigenvalue weighted by molar-refractivity contribution is -0.111. The van der Waals surface area contributed by atoms with Gasteiger partial charge in [0.15, 0.2) is 0 Å². The first-order valence-corrected chi connectivity index (χ1v) is 13.5. The van der Waals surface area contributed by atoms with Crippen molar-refractivity contribution in [3.8, 4) is 11.1 Å². The van der Waals surface area contributed by atoms with Gasteiger partial charge in [0.05, 0.1) is 17.0 Å². The van der Waals surface area contributed by atoms with Crippen LogP contribution in [-0.2, 0) is 0 Å². The minimum absolute atomic E-state index is 0.121. The second-order valence-corrected chi connectivity index (χ2v) is 10.3. The smallest absolute Gasteiger partial charge is 0.251 e. The lowest BCUT2D eigenvalue weighted by Gasteiger charge is -2.19. The minimum Gasteiger partial charge on any atom is -0.458 e. The number of nitrogen functional groups attached to an aromatic ring is 1. The number of nitrogens with one attached hydrogen (secondary N) is 2. The molecule has 10 heteroatoms. The van der Waals surface area contributed by atoms with E-state index in [4.69, 9.17) is 15.6 Å². The summed E-state index contributed by atoms with van der Waals surface area (Å²) in [6.07, 6.45) is 3.25. The maximum absolute atomic E-state index is 14.2. The van der Waals surface area contributed by atoms with Crippen molar-refractivity contribution in [1.82, 2.24) is 15.3 Å². The number of carbonyl (C=O) groups excluding carboxylic acids is 1. The molecule has 0 aliphatic heterocycles. The number of nitrogens with two attached hydrogens (primary N) is 2. The highest BCUT2D eigenvalue weighted by Crippen LogP contribution is 2.32. The molecule has 210 valence electrons. The second-order valence-electron chi connectivity index (χ2n) is 10.3. The van der Waals surface area contributed by atoms with Crippen molar-refractivity contribution in [3.63, 3.8) is 0 Å². The number of anilines is 2. The predicted octanol–water partition coefficient (Wildman–Crippen LogP) is 3.63. The van der Waals surface area contributed by atoms with E-state index in [2.05, 4.69) is 20.6 Å². The molecule has 6 N–H and O–H groups in total. The molecule has 1 atom stereocenters. The Balaban J connectivity index is 1.39. The van der Waals surface area contributed by atoms with Crippen molar-refractivity contribution in [2.24, 2.45) is 0 Å². The molecular weight excluding hydrogens is 535 g/mol. The van der Waals surface area contributed by atoms with Gasteiger partial charge >= 0.3 is 0 Å². The van der Waals surface area contributed by atoms with Crippen LogP contribution in [0.25, 0.3) is 22.1 Å². The average Bonchev–Trinajstić information content (AvgIpc) is 3.81. The van der Waals surface area contributed by atoms with Gasteiger partial charge in [0.1, 0.15) is 40.7 Å². The van der Waals surface area contributed by atoms with E-state index in [9.17, 15) is 14.0 Å². The van der Waals surface area contributed by atoms with E-state index >= 15 is 0 Å². The van der Waals surface area contributed by atoms with Crippen LogP contribution in [-0.4, -0.2) is 27.6 Å². The number of aromatic nitrogens is 2. The van der Waals surface area contributed by atoms with Crippen LogP contribution in [0.2, 0.25) is 0 Å². The average molecular weight is 564 g/mol. The number of para-hydroxylation sites is 1. The Morgan fingerprint density at radius 1 is 1.05 bits per heavy atom. The third-order valence-electron chi connectivity index (χ3n) is 7.18. The van der Waals surface area contributed by atoms with Gasteiger partial charge in [0.25, 0.3) is 5.91 Å². The minimum atomic E-state index is -0.642. The van der Waals surface area contributed by atoms with Crippen molar-refractivity contribution in [1.29, 1.82) is 0 Å². The van der Waals surface area contributed by atoms with Gasteiger partial charge < -0.3 is 20.8 Å². The lowest BCUT2D eigenvalue weighted by atomic mass is 9.98. The summed E-state index contributed by atoms with van der Waals surface area (Å²) in [6.45, 7) is 1.79. The third-order valence-corrected chi connectivity index (χ3v) is 7.18. The fourth-order valence-electron chi connectivity index (χ4n) is 4.90. The summed E-state index contributed by atoms with van der Waals surface area (Å²) in [5, 5.41) is 13.2. The summed E-state index contributed by atoms with van der Waals surface area (Å²) in [6, 6.07) is 19.2. The van der Waals surface area contributed by atoms with E-state index in [-0.39, 0.29) is 40.2 Å². The molecule has 9 nitrogen and oxygen atoms in total. The zero-order valence-electron chi connectivity index (χ0n) is 22.7. The molecule has 0 spiro atoms. The van der Waals surface area contributed by atoms with Gasteiger partial charge in [-0.15, -0.1) is 0 Å². The van der Waals surface area contributed by atoms with E-state index < -0.39 is 11.9 Å². The van der Waals surface area contributed by atoms with E-state index in [0.29, 0.717) is 39.0 Å². The number of amides is 1. The number of hydrogen-bond donors (Lipinski definition) is 4. The molecule has 1 saturated carbocycles. The first-order chi connectivity index (χ1) is 20.3. The molecule has 2 heterocycles. The topological polar surface area (TPSA) is 149 Å². The molecule has 1 aliphatic carbocycles. The summed E-state index contributed by atoms with van der Waals surface area (Å²) in [5.41, 5.74) is 8.63. The molecule has 2 aromatic heterocycles. The molecule has 42 heavy (non-hydrogen) atoms. The number of fused-ring (bicyclic) bond motifs is 1. The van der Waals surface area contributed by atoms with E-state index in [0.717, 1.165) is 12.8 Å². The van der Waals surface area contributed by atoms with Crippen molar-refractivity contribution < 1.29 is 19.0 Å². The number of rotatable bonds is 8. The number of hydrogen-bond acceptors (Lipinski definition) is 7. The predicted molar refractivity (Wildman–Crippen MR) is 158 cm³/mol. The summed E-state index contributed by atoms with van der Waals surface area (Å²) < 4.78 is 20.5. The number of nitrogens with zero attached hydrogens (tertiary/aromatic N) is 2. The Hall–Kier alpha value is -5.38. The first kappa shape index (κ1) is 26.8. The van der Waals surface area contributed by atoms with Crippen LogP contribution >= 0.6 is 0 Å². The van der Waals surface area contributed by atoms with Gasteiger partial charge in [-0.05, 0) is 67.8 Å². The quantitative estimate of drug-likeness (QED) is 0.211. The van der Waals surface area contributed by atoms with Gasteiger partial charge in [-0.25, -0.2) is 14.4 Å². The van der Waals surface area contributed by atoms with E-state index in [1.54, 1.807) is 67.6 Å². The molecule has 1 amide bonds. The maximum Gasteiger partial charge on any atom is 0.251 e. The second kappa shape index (κ2) is 10.9. The Kier molecular flexibility index (Phi) is 6.95. The number of halogens is 1. The molecule has 0 radical (unpaired) electrons. The van der Waals surface area contributed by atoms with Crippen LogP contribution in [0.15, 0.2) is 88.3 Å². The third kappa shape index (κ3) is 5.22. The molecule has 1 aliphatic rings. The zero-order valence-corrected chi connectivity index (χ0v) is 22.7. The lowest BCUT2D eigenvalue weighted by Crippen LogP contribution is -2.42. The standard InChI is InChI=1S/C32H27FN6O3/c1-17(29-25(18-6-5-9-21(33)15-18)28(40)23-10-2-3-11-24(23)42-29)38-31-26(30(35)36-16-37-31)27(34)19-7-4-8-20(14-19)32(41)39-22-12-13-22/h2-11,14-17,22,34H,12-13H2,1H3,(H,39,41)(H3,35,36,37,38)/p+1. The molecular formula is C32H28FN6O3+. The molecule has 3 aromatic carbocycles. The monoisotopic (exact) mass is 563 g/mol. The normalized spacial score (nSPS) is 13.5. The highest BCUT2D eigenvalue weighted by molar-refractivity contribution is 6.15. The van der Waals surface area contributed by atoms with Crippen LogP contribution in [0.5, 0.6) is 0 Å². The highest BCUT2D eigenvalue weighted by atomic mass is 19.1.